The third-order valence-corrected chi connectivity index (χ3v) is 6.20. The van der Waals surface area contributed by atoms with Crippen LogP contribution >= 0.6 is 39.1 Å². The van der Waals surface area contributed by atoms with Gasteiger partial charge in [-0.15, -0.1) is 0 Å². The van der Waals surface area contributed by atoms with Crippen LogP contribution in [0.3, 0.4) is 0 Å². The average molecular weight is 534 g/mol. The molecule has 0 saturated carbocycles. The number of hydrogen-bond donors (Lipinski definition) is 2. The number of rotatable bonds is 3. The lowest BCUT2D eigenvalue weighted by Crippen LogP contribution is -2.36. The molecule has 1 aromatic heterocycles. The second kappa shape index (κ2) is 8.37. The summed E-state index contributed by atoms with van der Waals surface area (Å²) in [6.45, 7) is 0. The molecule has 2 atom stereocenters. The van der Waals surface area contributed by atoms with E-state index in [1.807, 2.05) is 0 Å². The van der Waals surface area contributed by atoms with Crippen molar-refractivity contribution in [1.82, 2.24) is 9.78 Å². The van der Waals surface area contributed by atoms with E-state index >= 15 is 0 Å². The minimum absolute atomic E-state index is 0.000876. The van der Waals surface area contributed by atoms with Gasteiger partial charge in [0.15, 0.2) is 6.04 Å². The van der Waals surface area contributed by atoms with Crippen molar-refractivity contribution in [1.29, 1.82) is 0 Å². The van der Waals surface area contributed by atoms with E-state index in [-0.39, 0.29) is 22.8 Å². The highest BCUT2D eigenvalue weighted by atomic mass is 79.9. The highest BCUT2D eigenvalue weighted by Crippen LogP contribution is 2.44. The number of nitrogens with one attached hydrogen (secondary N) is 2. The van der Waals surface area contributed by atoms with Gasteiger partial charge in [-0.25, -0.2) is 4.68 Å². The van der Waals surface area contributed by atoms with Crippen molar-refractivity contribution in [2.75, 3.05) is 10.6 Å². The molecule has 3 aromatic rings. The van der Waals surface area contributed by atoms with Gasteiger partial charge in [-0.2, -0.15) is 18.3 Å². The maximum absolute atomic E-state index is 13.8. The van der Waals surface area contributed by atoms with Crippen LogP contribution < -0.4 is 10.6 Å². The molecule has 2 N–H and O–H groups in total. The first-order chi connectivity index (χ1) is 14.6. The molecule has 1 aliphatic rings. The Morgan fingerprint density at radius 1 is 1.16 bits per heavy atom. The summed E-state index contributed by atoms with van der Waals surface area (Å²) in [6.07, 6.45) is -3.67. The average Bonchev–Trinajstić information content (AvgIpc) is 3.14. The molecule has 31 heavy (non-hydrogen) atoms. The van der Waals surface area contributed by atoms with Gasteiger partial charge in [0.2, 0.25) is 0 Å². The van der Waals surface area contributed by atoms with Gasteiger partial charge >= 0.3 is 6.18 Å². The first-order valence-electron chi connectivity index (χ1n) is 9.06. The van der Waals surface area contributed by atoms with Gasteiger partial charge in [-0.05, 0) is 35.9 Å². The molecule has 0 fully saturated rings. The van der Waals surface area contributed by atoms with Crippen LogP contribution in [0.5, 0.6) is 0 Å². The fourth-order valence-electron chi connectivity index (χ4n) is 3.41. The van der Waals surface area contributed by atoms with Gasteiger partial charge in [0.05, 0.1) is 22.3 Å². The summed E-state index contributed by atoms with van der Waals surface area (Å²) in [5, 5.41) is 10.1. The fraction of sp³-hybridized carbons (Fsp3) is 0.200. The number of carbonyl (C=O) groups excluding carboxylic acids is 1. The first kappa shape index (κ1) is 22.0. The lowest BCUT2D eigenvalue weighted by Gasteiger charge is -2.34. The lowest BCUT2D eigenvalue weighted by atomic mass is 9.96. The standard InChI is InChI=1S/C20H14BrCl2F3N4O/c21-11-3-1-10(2-4-11)16-8-17(20(24,25)26)30-18(29-16)13(9-27-30)19(31)28-12-5-6-14(22)15(23)7-12/h1-7,9,16-17,29H,8H2,(H,28,31)/t16-,17-/m0/s1. The Kier molecular flexibility index (Phi) is 5.93. The number of halogens is 6. The summed E-state index contributed by atoms with van der Waals surface area (Å²) in [5.41, 5.74) is 1.01. The number of anilines is 2. The van der Waals surface area contributed by atoms with Crippen molar-refractivity contribution >= 4 is 56.5 Å². The summed E-state index contributed by atoms with van der Waals surface area (Å²) < 4.78 is 43.0. The monoisotopic (exact) mass is 532 g/mol. The van der Waals surface area contributed by atoms with Crippen molar-refractivity contribution in [2.45, 2.75) is 24.7 Å². The van der Waals surface area contributed by atoms with Gasteiger partial charge in [0, 0.05) is 16.6 Å². The number of alkyl halides is 3. The number of benzene rings is 2. The van der Waals surface area contributed by atoms with Crippen LogP contribution in [0, 0.1) is 0 Å². The van der Waals surface area contributed by atoms with E-state index in [0.29, 0.717) is 16.3 Å². The zero-order valence-electron chi connectivity index (χ0n) is 15.6. The van der Waals surface area contributed by atoms with Gasteiger partial charge < -0.3 is 10.6 Å². The van der Waals surface area contributed by atoms with Gasteiger partial charge in [0.1, 0.15) is 11.4 Å². The molecule has 162 valence electrons. The normalized spacial score (nSPS) is 18.3. The summed E-state index contributed by atoms with van der Waals surface area (Å²) in [6, 6.07) is 8.95. The Hall–Kier alpha value is -2.23. The van der Waals surface area contributed by atoms with E-state index < -0.39 is 24.2 Å². The molecular weight excluding hydrogens is 520 g/mol. The molecule has 0 bridgehead atoms. The Bertz CT molecular complexity index is 1130. The third-order valence-electron chi connectivity index (χ3n) is 4.93. The predicted molar refractivity (Wildman–Crippen MR) is 117 cm³/mol. The Morgan fingerprint density at radius 2 is 1.87 bits per heavy atom. The van der Waals surface area contributed by atoms with Crippen molar-refractivity contribution in [3.63, 3.8) is 0 Å². The predicted octanol–water partition coefficient (Wildman–Crippen LogP) is 6.87. The molecule has 0 aliphatic carbocycles. The summed E-state index contributed by atoms with van der Waals surface area (Å²) in [4.78, 5) is 12.8. The van der Waals surface area contributed by atoms with Crippen molar-refractivity contribution in [3.05, 3.63) is 74.3 Å². The number of hydrogen-bond acceptors (Lipinski definition) is 3. The highest BCUT2D eigenvalue weighted by molar-refractivity contribution is 9.10. The summed E-state index contributed by atoms with van der Waals surface area (Å²) in [7, 11) is 0. The Labute approximate surface area is 193 Å². The summed E-state index contributed by atoms with van der Waals surface area (Å²) in [5.74, 6) is -0.622. The van der Waals surface area contributed by atoms with Crippen LogP contribution in [0.1, 0.15) is 34.4 Å². The van der Waals surface area contributed by atoms with Crippen LogP contribution in [0.4, 0.5) is 24.7 Å². The van der Waals surface area contributed by atoms with E-state index in [0.717, 1.165) is 15.4 Å². The number of aromatic nitrogens is 2. The van der Waals surface area contributed by atoms with Crippen LogP contribution in [-0.4, -0.2) is 21.9 Å². The van der Waals surface area contributed by atoms with Crippen LogP contribution in [0.25, 0.3) is 0 Å². The Morgan fingerprint density at radius 3 is 2.52 bits per heavy atom. The molecule has 11 heteroatoms. The molecule has 0 radical (unpaired) electrons. The molecule has 0 spiro atoms. The number of fused-ring (bicyclic) bond motifs is 1. The smallest absolute Gasteiger partial charge is 0.363 e. The molecule has 0 unspecified atom stereocenters. The highest BCUT2D eigenvalue weighted by Gasteiger charge is 2.47. The minimum Gasteiger partial charge on any atom is -0.363 e. The van der Waals surface area contributed by atoms with Gasteiger partial charge in [0.25, 0.3) is 5.91 Å². The SMILES string of the molecule is O=C(Nc1ccc(Cl)c(Cl)c1)c1cnn2c1N[C@H](c1ccc(Br)cc1)C[C@H]2C(F)(F)F. The lowest BCUT2D eigenvalue weighted by molar-refractivity contribution is -0.173. The fourth-order valence-corrected chi connectivity index (χ4v) is 3.98. The quantitative estimate of drug-likeness (QED) is 0.386. The molecule has 1 aliphatic heterocycles. The number of carbonyl (C=O) groups is 1. The Balaban J connectivity index is 1.68. The molecule has 0 saturated heterocycles. The maximum Gasteiger partial charge on any atom is 0.410 e. The van der Waals surface area contributed by atoms with Crippen molar-refractivity contribution in [2.24, 2.45) is 0 Å². The maximum atomic E-state index is 13.8. The molecule has 2 heterocycles. The van der Waals surface area contributed by atoms with Crippen LogP contribution in [0.2, 0.25) is 10.0 Å². The molecule has 2 aromatic carbocycles. The molecule has 4 rings (SSSR count). The van der Waals surface area contributed by atoms with Crippen molar-refractivity contribution < 1.29 is 18.0 Å². The van der Waals surface area contributed by atoms with E-state index in [1.54, 1.807) is 30.3 Å². The van der Waals surface area contributed by atoms with Gasteiger partial charge in [-0.1, -0.05) is 51.3 Å². The van der Waals surface area contributed by atoms with Crippen molar-refractivity contribution in [3.8, 4) is 0 Å². The van der Waals surface area contributed by atoms with E-state index in [9.17, 15) is 18.0 Å². The van der Waals surface area contributed by atoms with E-state index in [4.69, 9.17) is 23.2 Å². The minimum atomic E-state index is -4.53. The number of amides is 1. The van der Waals surface area contributed by atoms with Crippen LogP contribution in [0.15, 0.2) is 53.1 Å². The molecular formula is C20H14BrCl2F3N4O. The molecule has 5 nitrogen and oxygen atoms in total. The van der Waals surface area contributed by atoms with E-state index in [1.165, 1.54) is 12.1 Å². The van der Waals surface area contributed by atoms with E-state index in [2.05, 4.69) is 31.7 Å². The topological polar surface area (TPSA) is 59.0 Å². The zero-order valence-corrected chi connectivity index (χ0v) is 18.6. The largest absolute Gasteiger partial charge is 0.410 e. The van der Waals surface area contributed by atoms with Crippen LogP contribution in [-0.2, 0) is 0 Å². The third kappa shape index (κ3) is 4.53. The van der Waals surface area contributed by atoms with Gasteiger partial charge in [-0.3, -0.25) is 4.79 Å². The zero-order chi connectivity index (χ0) is 22.3. The first-order valence-corrected chi connectivity index (χ1v) is 10.6. The summed E-state index contributed by atoms with van der Waals surface area (Å²) >= 11 is 15.2. The molecule has 1 amide bonds. The second-order valence-electron chi connectivity index (χ2n) is 6.98. The number of nitrogens with zero attached hydrogens (tertiary/aromatic N) is 2. The second-order valence-corrected chi connectivity index (χ2v) is 8.71.